The number of fused-ring (bicyclic) bond motifs is 1. The Labute approximate surface area is 161 Å². The van der Waals surface area contributed by atoms with E-state index in [1.165, 1.54) is 24.8 Å². The molecule has 0 aliphatic heterocycles. The van der Waals surface area contributed by atoms with Gasteiger partial charge in [0.15, 0.2) is 5.78 Å². The summed E-state index contributed by atoms with van der Waals surface area (Å²) in [5.74, 6) is 0.161. The maximum atomic E-state index is 13.4. The standard InChI is InChI=1S/C20H15F6NO2/c1-11(28)16-10-27(18-6-5-14(29-2)8-15(16)18)9-12-3-4-13(19(21,22)23)7-17(12)20(24,25)26/h3-8,10H,9H2,1-2H3. The summed E-state index contributed by atoms with van der Waals surface area (Å²) < 4.78 is 85.4. The van der Waals surface area contributed by atoms with E-state index in [1.807, 2.05) is 0 Å². The molecule has 0 aliphatic rings. The van der Waals surface area contributed by atoms with Crippen molar-refractivity contribution in [2.45, 2.75) is 25.8 Å². The number of benzene rings is 2. The number of aromatic nitrogens is 1. The number of hydrogen-bond donors (Lipinski definition) is 0. The zero-order valence-electron chi connectivity index (χ0n) is 15.3. The van der Waals surface area contributed by atoms with Gasteiger partial charge in [-0.1, -0.05) is 6.07 Å². The molecule has 29 heavy (non-hydrogen) atoms. The summed E-state index contributed by atoms with van der Waals surface area (Å²) in [6.07, 6.45) is -8.46. The second-order valence-electron chi connectivity index (χ2n) is 6.48. The number of ketones is 1. The summed E-state index contributed by atoms with van der Waals surface area (Å²) in [5, 5.41) is 0.484. The quantitative estimate of drug-likeness (QED) is 0.390. The normalized spacial score (nSPS) is 12.4. The smallest absolute Gasteiger partial charge is 0.416 e. The average molecular weight is 415 g/mol. The third-order valence-corrected chi connectivity index (χ3v) is 4.55. The minimum absolute atomic E-state index is 0.107. The van der Waals surface area contributed by atoms with Gasteiger partial charge in [0, 0.05) is 29.2 Å². The molecule has 0 bridgehead atoms. The van der Waals surface area contributed by atoms with Crippen molar-refractivity contribution in [3.63, 3.8) is 0 Å². The summed E-state index contributed by atoms with van der Waals surface area (Å²) in [6, 6.07) is 6.29. The molecule has 0 saturated carbocycles. The van der Waals surface area contributed by atoms with Crippen LogP contribution < -0.4 is 4.74 Å². The lowest BCUT2D eigenvalue weighted by Gasteiger charge is -2.17. The molecule has 1 heterocycles. The lowest BCUT2D eigenvalue weighted by Crippen LogP contribution is -2.15. The van der Waals surface area contributed by atoms with Crippen LogP contribution in [0.3, 0.4) is 0 Å². The van der Waals surface area contributed by atoms with Gasteiger partial charge in [0.2, 0.25) is 0 Å². The molecule has 0 atom stereocenters. The number of carbonyl (C=O) groups excluding carboxylic acids is 1. The van der Waals surface area contributed by atoms with Gasteiger partial charge >= 0.3 is 12.4 Å². The molecule has 154 valence electrons. The van der Waals surface area contributed by atoms with E-state index in [4.69, 9.17) is 4.74 Å². The molecule has 0 amide bonds. The molecule has 3 rings (SSSR count). The average Bonchev–Trinajstić information content (AvgIpc) is 2.98. The molecule has 2 aromatic carbocycles. The second kappa shape index (κ2) is 7.13. The minimum Gasteiger partial charge on any atom is -0.497 e. The zero-order chi connectivity index (χ0) is 21.6. The predicted molar refractivity (Wildman–Crippen MR) is 94.0 cm³/mol. The van der Waals surface area contributed by atoms with E-state index in [1.54, 1.807) is 18.2 Å². The highest BCUT2D eigenvalue weighted by atomic mass is 19.4. The lowest BCUT2D eigenvalue weighted by atomic mass is 10.0. The van der Waals surface area contributed by atoms with E-state index < -0.39 is 23.5 Å². The summed E-state index contributed by atoms with van der Waals surface area (Å²) in [5.41, 5.74) is -2.34. The van der Waals surface area contributed by atoms with Crippen LogP contribution in [0.2, 0.25) is 0 Å². The van der Waals surface area contributed by atoms with Gasteiger partial charge in [-0.2, -0.15) is 26.3 Å². The molecule has 0 aliphatic carbocycles. The first-order chi connectivity index (χ1) is 13.4. The number of carbonyl (C=O) groups is 1. The molecule has 0 N–H and O–H groups in total. The van der Waals surface area contributed by atoms with Crippen molar-refractivity contribution in [2.24, 2.45) is 0 Å². The van der Waals surface area contributed by atoms with E-state index in [9.17, 15) is 31.1 Å². The summed E-state index contributed by atoms with van der Waals surface area (Å²) in [6.45, 7) is 0.959. The minimum atomic E-state index is -4.97. The van der Waals surface area contributed by atoms with Gasteiger partial charge < -0.3 is 9.30 Å². The number of rotatable bonds is 4. The van der Waals surface area contributed by atoms with Crippen molar-refractivity contribution in [3.05, 3.63) is 64.8 Å². The van der Waals surface area contributed by atoms with Crippen LogP contribution in [0.5, 0.6) is 5.75 Å². The Morgan fingerprint density at radius 2 is 1.69 bits per heavy atom. The van der Waals surface area contributed by atoms with E-state index in [2.05, 4.69) is 0 Å². The zero-order valence-corrected chi connectivity index (χ0v) is 15.3. The van der Waals surface area contributed by atoms with Crippen molar-refractivity contribution in [1.82, 2.24) is 4.57 Å². The number of alkyl halides is 6. The first kappa shape index (κ1) is 20.8. The summed E-state index contributed by atoms with van der Waals surface area (Å²) >= 11 is 0. The molecule has 0 saturated heterocycles. The van der Waals surface area contributed by atoms with Gasteiger partial charge in [-0.15, -0.1) is 0 Å². The van der Waals surface area contributed by atoms with Crippen molar-refractivity contribution < 1.29 is 35.9 Å². The highest BCUT2D eigenvalue weighted by Gasteiger charge is 2.38. The highest BCUT2D eigenvalue weighted by molar-refractivity contribution is 6.07. The van der Waals surface area contributed by atoms with Gasteiger partial charge in [-0.05, 0) is 42.8 Å². The number of halogens is 6. The van der Waals surface area contributed by atoms with Crippen LogP contribution in [0.15, 0.2) is 42.6 Å². The van der Waals surface area contributed by atoms with Crippen LogP contribution in [0.4, 0.5) is 26.3 Å². The third kappa shape index (κ3) is 4.08. The fraction of sp³-hybridized carbons (Fsp3) is 0.250. The topological polar surface area (TPSA) is 31.2 Å². The van der Waals surface area contributed by atoms with Crippen LogP contribution in [-0.4, -0.2) is 17.5 Å². The molecular formula is C20H15F6NO2. The van der Waals surface area contributed by atoms with E-state index in [0.29, 0.717) is 22.7 Å². The second-order valence-corrected chi connectivity index (χ2v) is 6.48. The number of Topliss-reactive ketones (excluding diaryl/α,β-unsaturated/α-hetero) is 1. The first-order valence-electron chi connectivity index (χ1n) is 8.37. The van der Waals surface area contributed by atoms with Crippen LogP contribution in [0, 0.1) is 0 Å². The summed E-state index contributed by atoms with van der Waals surface area (Å²) in [4.78, 5) is 11.9. The Hall–Kier alpha value is -2.97. The molecular weight excluding hydrogens is 400 g/mol. The fourth-order valence-electron chi connectivity index (χ4n) is 3.15. The van der Waals surface area contributed by atoms with E-state index in [-0.39, 0.29) is 29.5 Å². The van der Waals surface area contributed by atoms with Crippen LogP contribution in [0.1, 0.15) is 34.0 Å². The SMILES string of the molecule is COc1ccc2c(c1)c(C(C)=O)cn2Cc1ccc(C(F)(F)F)cc1C(F)(F)F. The van der Waals surface area contributed by atoms with Crippen molar-refractivity contribution >= 4 is 16.7 Å². The van der Waals surface area contributed by atoms with E-state index >= 15 is 0 Å². The first-order valence-corrected chi connectivity index (χ1v) is 8.37. The van der Waals surface area contributed by atoms with Gasteiger partial charge in [0.1, 0.15) is 5.75 Å². The largest absolute Gasteiger partial charge is 0.497 e. The highest BCUT2D eigenvalue weighted by Crippen LogP contribution is 2.38. The Balaban J connectivity index is 2.15. The molecule has 0 unspecified atom stereocenters. The van der Waals surface area contributed by atoms with Gasteiger partial charge in [-0.3, -0.25) is 4.79 Å². The maximum absolute atomic E-state index is 13.4. The van der Waals surface area contributed by atoms with Crippen molar-refractivity contribution in [2.75, 3.05) is 7.11 Å². The van der Waals surface area contributed by atoms with Crippen LogP contribution >= 0.6 is 0 Å². The fourth-order valence-corrected chi connectivity index (χ4v) is 3.15. The number of nitrogens with zero attached hydrogens (tertiary/aromatic N) is 1. The Kier molecular flexibility index (Phi) is 5.10. The molecule has 1 aromatic heterocycles. The van der Waals surface area contributed by atoms with Crippen molar-refractivity contribution in [3.8, 4) is 5.75 Å². The lowest BCUT2D eigenvalue weighted by molar-refractivity contribution is -0.143. The predicted octanol–water partition coefficient (Wildman–Crippen LogP) is 5.94. The van der Waals surface area contributed by atoms with Crippen LogP contribution in [0.25, 0.3) is 10.9 Å². The monoisotopic (exact) mass is 415 g/mol. The van der Waals surface area contributed by atoms with Gasteiger partial charge in [0.25, 0.3) is 0 Å². The van der Waals surface area contributed by atoms with Gasteiger partial charge in [-0.25, -0.2) is 0 Å². The Bertz CT molecular complexity index is 1080. The molecule has 3 nitrogen and oxygen atoms in total. The van der Waals surface area contributed by atoms with Gasteiger partial charge in [0.05, 0.1) is 18.2 Å². The van der Waals surface area contributed by atoms with Crippen molar-refractivity contribution in [1.29, 1.82) is 0 Å². The molecule has 3 aromatic rings. The molecule has 0 spiro atoms. The molecule has 0 radical (unpaired) electrons. The number of ether oxygens (including phenoxy) is 1. The third-order valence-electron chi connectivity index (χ3n) is 4.55. The van der Waals surface area contributed by atoms with E-state index in [0.717, 1.165) is 6.07 Å². The number of hydrogen-bond acceptors (Lipinski definition) is 2. The Morgan fingerprint density at radius 1 is 1.00 bits per heavy atom. The number of methoxy groups -OCH3 is 1. The molecule has 9 heteroatoms. The molecule has 0 fully saturated rings. The van der Waals surface area contributed by atoms with Crippen LogP contribution in [-0.2, 0) is 18.9 Å². The Morgan fingerprint density at radius 3 is 2.24 bits per heavy atom. The summed E-state index contributed by atoms with van der Waals surface area (Å²) in [7, 11) is 1.43. The maximum Gasteiger partial charge on any atom is 0.416 e.